The lowest BCUT2D eigenvalue weighted by Crippen LogP contribution is -2.19. The average molecular weight is 224 g/mol. The Morgan fingerprint density at radius 2 is 1.06 bits per heavy atom. The molecule has 0 aliphatic heterocycles. The van der Waals surface area contributed by atoms with Crippen LogP contribution in [0.2, 0.25) is 0 Å². The highest BCUT2D eigenvalue weighted by Gasteiger charge is 2.25. The van der Waals surface area contributed by atoms with Gasteiger partial charge < -0.3 is 0 Å². The molecule has 76 valence electrons. The minimum atomic E-state index is 0.0693. The molecule has 3 rings (SSSR count). The van der Waals surface area contributed by atoms with Crippen molar-refractivity contribution in [1.82, 2.24) is 0 Å². The van der Waals surface area contributed by atoms with Gasteiger partial charge in [-0.1, -0.05) is 60.7 Å². The fourth-order valence-electron chi connectivity index (χ4n) is 2.05. The smallest absolute Gasteiger partial charge is 0.194 e. The van der Waals surface area contributed by atoms with E-state index in [0.29, 0.717) is 11.1 Å². The van der Waals surface area contributed by atoms with Crippen LogP contribution in [-0.2, 0) is 0 Å². The van der Waals surface area contributed by atoms with Gasteiger partial charge in [-0.05, 0) is 0 Å². The zero-order valence-electron chi connectivity index (χ0n) is 8.44. The quantitative estimate of drug-likeness (QED) is 0.546. The minimum absolute atomic E-state index is 0.0693. The number of ketones is 1. The summed E-state index contributed by atoms with van der Waals surface area (Å²) in [5, 5.41) is 0. The van der Waals surface area contributed by atoms with Gasteiger partial charge in [0, 0.05) is 22.3 Å². The van der Waals surface area contributed by atoms with E-state index in [9.17, 15) is 4.79 Å². The predicted octanol–water partition coefficient (Wildman–Crippen LogP) is 3.00. The van der Waals surface area contributed by atoms with Crippen molar-refractivity contribution in [3.63, 3.8) is 0 Å². The van der Waals surface area contributed by atoms with E-state index in [1.165, 1.54) is 0 Å². The molecule has 0 saturated carbocycles. The van der Waals surface area contributed by atoms with Crippen molar-refractivity contribution >= 4 is 22.9 Å². The third-order valence-corrected chi connectivity index (χ3v) is 3.27. The first kappa shape index (κ1) is 9.43. The first-order chi connectivity index (χ1) is 7.79. The highest BCUT2D eigenvalue weighted by atomic mass is 32.1. The van der Waals surface area contributed by atoms with Crippen LogP contribution in [0.5, 0.6) is 0 Å². The number of benzene rings is 2. The van der Waals surface area contributed by atoms with Crippen LogP contribution >= 0.6 is 12.2 Å². The van der Waals surface area contributed by atoms with Gasteiger partial charge in [0.1, 0.15) is 0 Å². The van der Waals surface area contributed by atoms with E-state index in [1.54, 1.807) is 0 Å². The monoisotopic (exact) mass is 224 g/mol. The van der Waals surface area contributed by atoms with Crippen LogP contribution < -0.4 is 0 Å². The van der Waals surface area contributed by atoms with Crippen LogP contribution in [0, 0.1) is 0 Å². The highest BCUT2D eigenvalue weighted by molar-refractivity contribution is 7.81. The van der Waals surface area contributed by atoms with E-state index in [1.807, 2.05) is 48.5 Å². The molecule has 0 bridgehead atoms. The minimum Gasteiger partial charge on any atom is -0.289 e. The Balaban J connectivity index is 2.35. The summed E-state index contributed by atoms with van der Waals surface area (Å²) in [4.78, 5) is 13.0. The molecule has 0 unspecified atom stereocenters. The third kappa shape index (κ3) is 1.17. The Morgan fingerprint density at radius 1 is 0.688 bits per heavy atom. The van der Waals surface area contributed by atoms with Crippen LogP contribution in [0.3, 0.4) is 0 Å². The first-order valence-corrected chi connectivity index (χ1v) is 5.47. The zero-order chi connectivity index (χ0) is 11.1. The maximum atomic E-state index is 12.2. The van der Waals surface area contributed by atoms with Crippen molar-refractivity contribution in [2.75, 3.05) is 0 Å². The van der Waals surface area contributed by atoms with E-state index in [2.05, 4.69) is 0 Å². The number of thiocarbonyl (C=S) groups is 1. The molecule has 0 saturated heterocycles. The molecule has 2 aromatic carbocycles. The predicted molar refractivity (Wildman–Crippen MR) is 67.1 cm³/mol. The number of hydrogen-bond acceptors (Lipinski definition) is 2. The molecule has 1 aliphatic rings. The second-order valence-corrected chi connectivity index (χ2v) is 4.16. The summed E-state index contributed by atoms with van der Waals surface area (Å²) in [5.41, 5.74) is 3.18. The lowest BCUT2D eigenvalue weighted by Gasteiger charge is -2.18. The summed E-state index contributed by atoms with van der Waals surface area (Å²) in [6.07, 6.45) is 0. The maximum Gasteiger partial charge on any atom is 0.194 e. The van der Waals surface area contributed by atoms with E-state index >= 15 is 0 Å². The van der Waals surface area contributed by atoms with Crippen molar-refractivity contribution in [1.29, 1.82) is 0 Å². The molecule has 1 nitrogen and oxygen atoms in total. The van der Waals surface area contributed by atoms with Gasteiger partial charge in [0.05, 0.1) is 4.86 Å². The summed E-state index contributed by atoms with van der Waals surface area (Å²) in [7, 11) is 0. The van der Waals surface area contributed by atoms with Crippen molar-refractivity contribution in [3.8, 4) is 0 Å². The molecule has 0 radical (unpaired) electrons. The molecule has 0 spiro atoms. The molecule has 1 aliphatic carbocycles. The average Bonchev–Trinajstić information content (AvgIpc) is 2.36. The van der Waals surface area contributed by atoms with Gasteiger partial charge >= 0.3 is 0 Å². The molecule has 16 heavy (non-hydrogen) atoms. The molecule has 0 amide bonds. The molecule has 2 heteroatoms. The van der Waals surface area contributed by atoms with Crippen molar-refractivity contribution in [2.24, 2.45) is 0 Å². The summed E-state index contributed by atoms with van der Waals surface area (Å²) in [6, 6.07) is 15.0. The zero-order valence-corrected chi connectivity index (χ0v) is 9.25. The van der Waals surface area contributed by atoms with Crippen LogP contribution in [0.4, 0.5) is 0 Å². The van der Waals surface area contributed by atoms with Gasteiger partial charge in [0.25, 0.3) is 0 Å². The summed E-state index contributed by atoms with van der Waals surface area (Å²) < 4.78 is 0. The Morgan fingerprint density at radius 3 is 1.50 bits per heavy atom. The molecule has 0 fully saturated rings. The third-order valence-electron chi connectivity index (χ3n) is 2.83. The number of rotatable bonds is 0. The van der Waals surface area contributed by atoms with Gasteiger partial charge in [0.15, 0.2) is 5.78 Å². The Hall–Kier alpha value is -1.80. The molecular formula is C14H8OS. The molecule has 2 aromatic rings. The second kappa shape index (κ2) is 3.35. The van der Waals surface area contributed by atoms with Crippen LogP contribution in [0.1, 0.15) is 27.0 Å². The first-order valence-electron chi connectivity index (χ1n) is 5.06. The summed E-state index contributed by atoms with van der Waals surface area (Å²) >= 11 is 5.42. The molecule has 0 aromatic heterocycles. The molecule has 0 N–H and O–H groups in total. The van der Waals surface area contributed by atoms with Gasteiger partial charge in [-0.3, -0.25) is 4.79 Å². The van der Waals surface area contributed by atoms with Crippen molar-refractivity contribution in [3.05, 3.63) is 70.8 Å². The topological polar surface area (TPSA) is 17.1 Å². The van der Waals surface area contributed by atoms with Gasteiger partial charge in [0.2, 0.25) is 0 Å². The van der Waals surface area contributed by atoms with Crippen LogP contribution in [0.15, 0.2) is 48.5 Å². The van der Waals surface area contributed by atoms with E-state index < -0.39 is 0 Å². The van der Waals surface area contributed by atoms with Gasteiger partial charge in [-0.25, -0.2) is 0 Å². The van der Waals surface area contributed by atoms with E-state index in [4.69, 9.17) is 12.2 Å². The number of fused-ring (bicyclic) bond motifs is 2. The van der Waals surface area contributed by atoms with Crippen molar-refractivity contribution in [2.45, 2.75) is 0 Å². The number of hydrogen-bond donors (Lipinski definition) is 0. The van der Waals surface area contributed by atoms with Crippen LogP contribution in [0.25, 0.3) is 0 Å². The largest absolute Gasteiger partial charge is 0.289 e. The Bertz CT molecular complexity index is 508. The van der Waals surface area contributed by atoms with E-state index in [0.717, 1.165) is 16.0 Å². The summed E-state index contributed by atoms with van der Waals surface area (Å²) in [6.45, 7) is 0. The van der Waals surface area contributed by atoms with Gasteiger partial charge in [-0.15, -0.1) is 0 Å². The SMILES string of the molecule is O=C1c2ccccc2C(=S)c2ccccc21. The standard InChI is InChI=1S/C14H8OS/c15-13-9-5-1-3-7-11(9)14(16)12-8-4-2-6-10(12)13/h1-8H. The number of carbonyl (C=O) groups excluding carboxylic acids is 1. The van der Waals surface area contributed by atoms with E-state index in [-0.39, 0.29) is 5.78 Å². The normalized spacial score (nSPS) is 13.2. The molecule has 0 heterocycles. The lowest BCUT2D eigenvalue weighted by atomic mass is 9.85. The second-order valence-electron chi connectivity index (χ2n) is 3.75. The summed E-state index contributed by atoms with van der Waals surface area (Å²) in [5.74, 6) is 0.0693. The fourth-order valence-corrected chi connectivity index (χ4v) is 2.40. The maximum absolute atomic E-state index is 12.2. The Kier molecular flexibility index (Phi) is 1.98. The lowest BCUT2D eigenvalue weighted by molar-refractivity contribution is 0.103. The van der Waals surface area contributed by atoms with Crippen LogP contribution in [-0.4, -0.2) is 10.6 Å². The highest BCUT2D eigenvalue weighted by Crippen LogP contribution is 2.27. The molecular weight excluding hydrogens is 216 g/mol. The van der Waals surface area contributed by atoms with Gasteiger partial charge in [-0.2, -0.15) is 0 Å². The Labute approximate surface area is 98.7 Å². The molecule has 0 atom stereocenters. The number of carbonyl (C=O) groups is 1. The van der Waals surface area contributed by atoms with Crippen molar-refractivity contribution < 1.29 is 4.79 Å². The fraction of sp³-hybridized carbons (Fsp3) is 0.